The molecule has 0 spiro atoms. The van der Waals surface area contributed by atoms with Crippen molar-refractivity contribution >= 4 is 15.9 Å². The highest BCUT2D eigenvalue weighted by Crippen LogP contribution is 2.27. The van der Waals surface area contributed by atoms with Crippen molar-refractivity contribution < 1.29 is 4.74 Å². The zero-order chi connectivity index (χ0) is 13.4. The number of rotatable bonds is 8. The number of hydrogen-bond acceptors (Lipinski definition) is 2. The lowest BCUT2D eigenvalue weighted by atomic mass is 9.98. The van der Waals surface area contributed by atoms with Gasteiger partial charge in [0.05, 0.1) is 11.1 Å². The van der Waals surface area contributed by atoms with Crippen LogP contribution in [-0.2, 0) is 6.42 Å². The maximum absolute atomic E-state index is 5.52. The number of aryl methyl sites for hydroxylation is 1. The number of halogens is 1. The molecule has 0 saturated carbocycles. The SMILES string of the molecule is CCOc1ccc(CCC(C)CCNC)cc1Br. The molecule has 3 heteroatoms. The van der Waals surface area contributed by atoms with E-state index < -0.39 is 0 Å². The van der Waals surface area contributed by atoms with Crippen LogP contribution in [0.25, 0.3) is 0 Å². The summed E-state index contributed by atoms with van der Waals surface area (Å²) in [6.07, 6.45) is 3.62. The molecule has 0 amide bonds. The quantitative estimate of drug-likeness (QED) is 0.782. The maximum atomic E-state index is 5.52. The van der Waals surface area contributed by atoms with E-state index in [4.69, 9.17) is 4.74 Å². The van der Waals surface area contributed by atoms with E-state index in [2.05, 4.69) is 46.4 Å². The molecule has 1 N–H and O–H groups in total. The Balaban J connectivity index is 2.45. The van der Waals surface area contributed by atoms with Crippen molar-refractivity contribution in [2.75, 3.05) is 20.2 Å². The van der Waals surface area contributed by atoms with Crippen molar-refractivity contribution in [3.63, 3.8) is 0 Å². The first-order chi connectivity index (χ1) is 8.67. The third-order valence-electron chi connectivity index (χ3n) is 3.11. The van der Waals surface area contributed by atoms with Crippen molar-refractivity contribution in [3.8, 4) is 5.75 Å². The number of hydrogen-bond donors (Lipinski definition) is 1. The second-order valence-corrected chi connectivity index (χ2v) is 5.59. The van der Waals surface area contributed by atoms with Crippen LogP contribution in [0.4, 0.5) is 0 Å². The van der Waals surface area contributed by atoms with Crippen LogP contribution in [0.5, 0.6) is 5.75 Å². The molecule has 0 bridgehead atoms. The molecular formula is C15H24BrNO. The summed E-state index contributed by atoms with van der Waals surface area (Å²) in [4.78, 5) is 0. The fourth-order valence-electron chi connectivity index (χ4n) is 1.92. The Morgan fingerprint density at radius 2 is 2.11 bits per heavy atom. The molecule has 1 rings (SSSR count). The largest absolute Gasteiger partial charge is 0.493 e. The van der Waals surface area contributed by atoms with Crippen molar-refractivity contribution in [3.05, 3.63) is 28.2 Å². The van der Waals surface area contributed by atoms with Crippen LogP contribution in [0, 0.1) is 5.92 Å². The van der Waals surface area contributed by atoms with Crippen LogP contribution in [-0.4, -0.2) is 20.2 Å². The van der Waals surface area contributed by atoms with E-state index in [1.54, 1.807) is 0 Å². The van der Waals surface area contributed by atoms with Gasteiger partial charge in [0.2, 0.25) is 0 Å². The molecule has 0 aromatic heterocycles. The summed E-state index contributed by atoms with van der Waals surface area (Å²) in [6.45, 7) is 6.14. The van der Waals surface area contributed by atoms with Gasteiger partial charge in [-0.15, -0.1) is 0 Å². The molecular weight excluding hydrogens is 290 g/mol. The summed E-state index contributed by atoms with van der Waals surface area (Å²) in [7, 11) is 2.01. The van der Waals surface area contributed by atoms with E-state index in [0.717, 1.165) is 29.1 Å². The van der Waals surface area contributed by atoms with Crippen molar-refractivity contribution in [1.82, 2.24) is 5.32 Å². The monoisotopic (exact) mass is 313 g/mol. The molecule has 1 aromatic carbocycles. The molecule has 18 heavy (non-hydrogen) atoms. The lowest BCUT2D eigenvalue weighted by molar-refractivity contribution is 0.338. The Kier molecular flexibility index (Phi) is 7.36. The average molecular weight is 314 g/mol. The van der Waals surface area contributed by atoms with Crippen LogP contribution >= 0.6 is 15.9 Å². The van der Waals surface area contributed by atoms with Crippen LogP contribution in [0.15, 0.2) is 22.7 Å². The van der Waals surface area contributed by atoms with Crippen LogP contribution < -0.4 is 10.1 Å². The second kappa shape index (κ2) is 8.54. The van der Waals surface area contributed by atoms with Crippen molar-refractivity contribution in [1.29, 1.82) is 0 Å². The summed E-state index contributed by atoms with van der Waals surface area (Å²) < 4.78 is 6.58. The van der Waals surface area contributed by atoms with Crippen LogP contribution in [0.1, 0.15) is 32.3 Å². The number of ether oxygens (including phenoxy) is 1. The van der Waals surface area contributed by atoms with E-state index in [0.29, 0.717) is 6.61 Å². The van der Waals surface area contributed by atoms with Gasteiger partial charge in [-0.05, 0) is 79.3 Å². The predicted octanol–water partition coefficient (Wildman–Crippen LogP) is 4.03. The summed E-state index contributed by atoms with van der Waals surface area (Å²) in [5.41, 5.74) is 1.38. The van der Waals surface area contributed by atoms with Gasteiger partial charge in [0.25, 0.3) is 0 Å². The van der Waals surface area contributed by atoms with Gasteiger partial charge >= 0.3 is 0 Å². The van der Waals surface area contributed by atoms with Gasteiger partial charge in [0.15, 0.2) is 0 Å². The summed E-state index contributed by atoms with van der Waals surface area (Å²) in [6, 6.07) is 6.40. The number of nitrogens with one attached hydrogen (secondary N) is 1. The van der Waals surface area contributed by atoms with Gasteiger partial charge in [0, 0.05) is 0 Å². The lowest BCUT2D eigenvalue weighted by Gasteiger charge is -2.12. The van der Waals surface area contributed by atoms with Gasteiger partial charge in [-0.1, -0.05) is 13.0 Å². The minimum absolute atomic E-state index is 0.707. The standard InChI is InChI=1S/C15H24BrNO/c1-4-18-15-8-7-13(11-14(15)16)6-5-12(2)9-10-17-3/h7-8,11-12,17H,4-6,9-10H2,1-3H3. The molecule has 0 aliphatic carbocycles. The molecule has 102 valence electrons. The van der Waals surface area contributed by atoms with E-state index in [1.165, 1.54) is 18.4 Å². The Labute approximate surface area is 119 Å². The Morgan fingerprint density at radius 1 is 1.33 bits per heavy atom. The molecule has 0 fully saturated rings. The zero-order valence-electron chi connectivity index (χ0n) is 11.6. The first-order valence-corrected chi connectivity index (χ1v) is 7.52. The summed E-state index contributed by atoms with van der Waals surface area (Å²) >= 11 is 3.56. The zero-order valence-corrected chi connectivity index (χ0v) is 13.2. The molecule has 0 aliphatic heterocycles. The minimum atomic E-state index is 0.707. The lowest BCUT2D eigenvalue weighted by Crippen LogP contribution is -2.11. The first-order valence-electron chi connectivity index (χ1n) is 6.73. The van der Waals surface area contributed by atoms with Gasteiger partial charge in [-0.3, -0.25) is 0 Å². The Morgan fingerprint density at radius 3 is 2.72 bits per heavy atom. The fraction of sp³-hybridized carbons (Fsp3) is 0.600. The molecule has 2 nitrogen and oxygen atoms in total. The third kappa shape index (κ3) is 5.40. The molecule has 0 heterocycles. The van der Waals surface area contributed by atoms with E-state index in [9.17, 15) is 0 Å². The number of benzene rings is 1. The molecule has 0 saturated heterocycles. The van der Waals surface area contributed by atoms with Crippen molar-refractivity contribution in [2.45, 2.75) is 33.1 Å². The molecule has 1 aromatic rings. The van der Waals surface area contributed by atoms with E-state index >= 15 is 0 Å². The normalized spacial score (nSPS) is 12.4. The summed E-state index contributed by atoms with van der Waals surface area (Å²) in [5, 5.41) is 3.20. The smallest absolute Gasteiger partial charge is 0.133 e. The van der Waals surface area contributed by atoms with Gasteiger partial charge in [-0.25, -0.2) is 0 Å². The fourth-order valence-corrected chi connectivity index (χ4v) is 2.46. The molecule has 0 aliphatic rings. The Hall–Kier alpha value is -0.540. The van der Waals surface area contributed by atoms with Crippen LogP contribution in [0.3, 0.4) is 0 Å². The minimum Gasteiger partial charge on any atom is -0.493 e. The second-order valence-electron chi connectivity index (χ2n) is 4.73. The predicted molar refractivity (Wildman–Crippen MR) is 81.3 cm³/mol. The molecule has 1 unspecified atom stereocenters. The topological polar surface area (TPSA) is 21.3 Å². The van der Waals surface area contributed by atoms with E-state index in [-0.39, 0.29) is 0 Å². The van der Waals surface area contributed by atoms with Crippen molar-refractivity contribution in [2.24, 2.45) is 5.92 Å². The Bertz CT molecular complexity index is 354. The molecule has 1 atom stereocenters. The maximum Gasteiger partial charge on any atom is 0.133 e. The summed E-state index contributed by atoms with van der Waals surface area (Å²) in [5.74, 6) is 1.70. The van der Waals surface area contributed by atoms with E-state index in [1.807, 2.05) is 14.0 Å². The average Bonchev–Trinajstić information content (AvgIpc) is 2.37. The highest BCUT2D eigenvalue weighted by Gasteiger charge is 2.05. The van der Waals surface area contributed by atoms with Gasteiger partial charge in [-0.2, -0.15) is 0 Å². The third-order valence-corrected chi connectivity index (χ3v) is 3.73. The highest BCUT2D eigenvalue weighted by atomic mass is 79.9. The molecule has 0 radical (unpaired) electrons. The van der Waals surface area contributed by atoms with Gasteiger partial charge < -0.3 is 10.1 Å². The highest BCUT2D eigenvalue weighted by molar-refractivity contribution is 9.10. The van der Waals surface area contributed by atoms with Gasteiger partial charge in [0.1, 0.15) is 5.75 Å². The first kappa shape index (κ1) is 15.5. The van der Waals surface area contributed by atoms with Crippen LogP contribution in [0.2, 0.25) is 0 Å².